The summed E-state index contributed by atoms with van der Waals surface area (Å²) in [6.45, 7) is 0. The van der Waals surface area contributed by atoms with E-state index in [0.29, 0.717) is 11.3 Å². The van der Waals surface area contributed by atoms with Crippen LogP contribution in [0.15, 0.2) is 29.2 Å². The quantitative estimate of drug-likeness (QED) is 0.739. The van der Waals surface area contributed by atoms with E-state index in [1.165, 1.54) is 13.2 Å². The van der Waals surface area contributed by atoms with Crippen molar-refractivity contribution in [3.05, 3.63) is 45.2 Å². The van der Waals surface area contributed by atoms with Crippen LogP contribution >= 0.6 is 11.3 Å². The molecule has 1 aromatic carbocycles. The number of aromatic nitrogens is 3. The molecule has 25 heavy (non-hydrogen) atoms. The topological polar surface area (TPSA) is 97.0 Å². The molecule has 0 atom stereocenters. The van der Waals surface area contributed by atoms with Crippen LogP contribution in [0, 0.1) is 0 Å². The lowest BCUT2D eigenvalue weighted by Crippen LogP contribution is -2.22. The molecule has 0 unspecified atom stereocenters. The molecule has 2 aromatic heterocycles. The Morgan fingerprint density at radius 1 is 1.32 bits per heavy atom. The van der Waals surface area contributed by atoms with Crippen LogP contribution in [0.2, 0.25) is 0 Å². The molecular weight excluding hydrogens is 361 g/mol. The lowest BCUT2D eigenvalue weighted by molar-refractivity contribution is -0.138. The summed E-state index contributed by atoms with van der Waals surface area (Å²) in [4.78, 5) is 27.4. The highest BCUT2D eigenvalue weighted by atomic mass is 32.1. The van der Waals surface area contributed by atoms with Gasteiger partial charge < -0.3 is 9.72 Å². The third-order valence-electron chi connectivity index (χ3n) is 3.23. The molecule has 130 valence electrons. The first kappa shape index (κ1) is 16.9. The number of benzene rings is 1. The molecule has 0 aliphatic carbocycles. The third kappa shape index (κ3) is 3.18. The monoisotopic (exact) mass is 370 g/mol. The Balaban J connectivity index is 1.94. The molecule has 2 N–H and O–H groups in total. The average Bonchev–Trinajstić information content (AvgIpc) is 3.03. The van der Waals surface area contributed by atoms with Crippen LogP contribution in [0.5, 0.6) is 5.75 Å². The van der Waals surface area contributed by atoms with Gasteiger partial charge in [0.15, 0.2) is 0 Å². The molecule has 0 bridgehead atoms. The number of carbonyl (C=O) groups is 1. The second kappa shape index (κ2) is 6.16. The van der Waals surface area contributed by atoms with Gasteiger partial charge in [0.25, 0.3) is 5.91 Å². The number of alkyl halides is 3. The van der Waals surface area contributed by atoms with Gasteiger partial charge in [-0.3, -0.25) is 14.9 Å². The first-order valence-electron chi connectivity index (χ1n) is 6.71. The van der Waals surface area contributed by atoms with Crippen molar-refractivity contribution in [3.8, 4) is 5.75 Å². The molecule has 7 nitrogen and oxygen atoms in total. The van der Waals surface area contributed by atoms with Crippen molar-refractivity contribution < 1.29 is 22.7 Å². The Hall–Kier alpha value is -2.95. The summed E-state index contributed by atoms with van der Waals surface area (Å²) < 4.78 is 42.6. The molecule has 0 saturated heterocycles. The van der Waals surface area contributed by atoms with Gasteiger partial charge in [-0.1, -0.05) is 17.4 Å². The van der Waals surface area contributed by atoms with Crippen LogP contribution in [0.3, 0.4) is 0 Å². The molecule has 2 heterocycles. The van der Waals surface area contributed by atoms with Gasteiger partial charge in [0.1, 0.15) is 11.3 Å². The zero-order chi connectivity index (χ0) is 18.2. The first-order chi connectivity index (χ1) is 11.8. The number of rotatable bonds is 3. The Bertz CT molecular complexity index is 1010. The van der Waals surface area contributed by atoms with Crippen molar-refractivity contribution in [1.29, 1.82) is 0 Å². The smallest absolute Gasteiger partial charge is 0.445 e. The lowest BCUT2D eigenvalue weighted by Gasteiger charge is -2.06. The summed E-state index contributed by atoms with van der Waals surface area (Å²) in [5.41, 5.74) is -0.461. The summed E-state index contributed by atoms with van der Waals surface area (Å²) in [7, 11) is 1.43. The highest BCUT2D eigenvalue weighted by Crippen LogP contribution is 2.33. The summed E-state index contributed by atoms with van der Waals surface area (Å²) >= 11 is 0.167. The van der Waals surface area contributed by atoms with Crippen LogP contribution in [0.25, 0.3) is 10.9 Å². The minimum Gasteiger partial charge on any atom is -0.495 e. The molecule has 1 amide bonds. The van der Waals surface area contributed by atoms with Crippen LogP contribution in [-0.2, 0) is 6.18 Å². The van der Waals surface area contributed by atoms with Crippen molar-refractivity contribution in [2.24, 2.45) is 0 Å². The van der Waals surface area contributed by atoms with Crippen molar-refractivity contribution in [1.82, 2.24) is 15.2 Å². The SMILES string of the molecule is COc1cccc2c(=O)c(C(=O)Nc3nnc(C(F)(F)F)s3)c[nH]c12. The number of hydrogen-bond donors (Lipinski definition) is 2. The maximum Gasteiger partial charge on any atom is 0.445 e. The number of pyridine rings is 1. The van der Waals surface area contributed by atoms with Crippen molar-refractivity contribution in [2.75, 3.05) is 12.4 Å². The maximum atomic E-state index is 12.5. The zero-order valence-electron chi connectivity index (χ0n) is 12.5. The van der Waals surface area contributed by atoms with Crippen molar-refractivity contribution in [2.45, 2.75) is 6.18 Å². The molecule has 0 fully saturated rings. The maximum absolute atomic E-state index is 12.5. The second-order valence-corrected chi connectivity index (χ2v) is 5.76. The highest BCUT2D eigenvalue weighted by molar-refractivity contribution is 7.15. The van der Waals surface area contributed by atoms with Gasteiger partial charge in [-0.05, 0) is 12.1 Å². The molecule has 0 aliphatic heterocycles. The number of aromatic amines is 1. The number of carbonyl (C=O) groups excluding carboxylic acids is 1. The molecule has 3 rings (SSSR count). The first-order valence-corrected chi connectivity index (χ1v) is 7.53. The molecule has 0 radical (unpaired) electrons. The molecule has 0 spiro atoms. The van der Waals surface area contributed by atoms with Crippen molar-refractivity contribution in [3.63, 3.8) is 0 Å². The van der Waals surface area contributed by atoms with E-state index in [9.17, 15) is 22.8 Å². The van der Waals surface area contributed by atoms with Gasteiger partial charge in [-0.2, -0.15) is 13.2 Å². The van der Waals surface area contributed by atoms with Crippen LogP contribution in [0.1, 0.15) is 15.4 Å². The minimum atomic E-state index is -4.66. The molecule has 3 aromatic rings. The Labute approximate surface area is 141 Å². The summed E-state index contributed by atoms with van der Waals surface area (Å²) in [6, 6.07) is 4.72. The van der Waals surface area contributed by atoms with E-state index in [2.05, 4.69) is 20.5 Å². The summed E-state index contributed by atoms with van der Waals surface area (Å²) in [6.07, 6.45) is -3.49. The van der Waals surface area contributed by atoms with E-state index >= 15 is 0 Å². The fourth-order valence-corrected chi connectivity index (χ4v) is 2.72. The summed E-state index contributed by atoms with van der Waals surface area (Å²) in [5.74, 6) is -0.476. The number of hydrogen-bond acceptors (Lipinski definition) is 6. The molecule has 0 saturated carbocycles. The van der Waals surface area contributed by atoms with Crippen LogP contribution in [-0.4, -0.2) is 28.2 Å². The Kier molecular flexibility index (Phi) is 4.17. The van der Waals surface area contributed by atoms with E-state index in [1.54, 1.807) is 12.1 Å². The van der Waals surface area contributed by atoms with Gasteiger partial charge in [-0.15, -0.1) is 10.2 Å². The normalized spacial score (nSPS) is 11.5. The predicted molar refractivity (Wildman–Crippen MR) is 84.0 cm³/mol. The number of nitrogens with zero attached hydrogens (tertiary/aromatic N) is 2. The highest BCUT2D eigenvalue weighted by Gasteiger charge is 2.35. The number of methoxy groups -OCH3 is 1. The molecular formula is C14H9F3N4O3S. The fraction of sp³-hybridized carbons (Fsp3) is 0.143. The van der Waals surface area contributed by atoms with Crippen molar-refractivity contribution >= 4 is 33.3 Å². The van der Waals surface area contributed by atoms with Crippen LogP contribution in [0.4, 0.5) is 18.3 Å². The zero-order valence-corrected chi connectivity index (χ0v) is 13.3. The molecule has 11 heteroatoms. The predicted octanol–water partition coefficient (Wildman–Crippen LogP) is 2.66. The van der Waals surface area contributed by atoms with Crippen LogP contribution < -0.4 is 15.5 Å². The van der Waals surface area contributed by atoms with Gasteiger partial charge in [0.2, 0.25) is 15.6 Å². The molecule has 0 aliphatic rings. The second-order valence-electron chi connectivity index (χ2n) is 4.78. The number of fused-ring (bicyclic) bond motifs is 1. The van der Waals surface area contributed by atoms with E-state index in [-0.39, 0.29) is 27.4 Å². The summed E-state index contributed by atoms with van der Waals surface area (Å²) in [5, 5.41) is 7.00. The number of para-hydroxylation sites is 1. The van der Waals surface area contributed by atoms with E-state index in [1.807, 2.05) is 0 Å². The Morgan fingerprint density at radius 2 is 2.08 bits per heavy atom. The van der Waals surface area contributed by atoms with E-state index < -0.39 is 22.5 Å². The van der Waals surface area contributed by atoms with Gasteiger partial charge in [-0.25, -0.2) is 0 Å². The number of anilines is 1. The number of H-pyrrole nitrogens is 1. The number of halogens is 3. The standard InChI is InChI=1S/C14H9F3N4O3S/c1-24-8-4-2-3-6-9(8)18-5-7(10(6)22)11(23)19-13-21-20-12(25-13)14(15,16)17/h2-5H,1H3,(H,18,22)(H,19,21,23). The van der Waals surface area contributed by atoms with Gasteiger partial charge >= 0.3 is 6.18 Å². The average molecular weight is 370 g/mol. The number of nitrogens with one attached hydrogen (secondary N) is 2. The van der Waals surface area contributed by atoms with E-state index in [4.69, 9.17) is 4.74 Å². The Morgan fingerprint density at radius 3 is 2.72 bits per heavy atom. The lowest BCUT2D eigenvalue weighted by atomic mass is 10.1. The fourth-order valence-electron chi connectivity index (χ4n) is 2.12. The van der Waals surface area contributed by atoms with Gasteiger partial charge in [0, 0.05) is 6.20 Å². The third-order valence-corrected chi connectivity index (χ3v) is 4.11. The van der Waals surface area contributed by atoms with Gasteiger partial charge in [0.05, 0.1) is 18.0 Å². The number of amides is 1. The minimum absolute atomic E-state index is 0.167. The number of ether oxygens (including phenoxy) is 1. The van der Waals surface area contributed by atoms with E-state index in [0.717, 1.165) is 6.20 Å². The largest absolute Gasteiger partial charge is 0.495 e.